The summed E-state index contributed by atoms with van der Waals surface area (Å²) in [6, 6.07) is 0. The summed E-state index contributed by atoms with van der Waals surface area (Å²) in [5.41, 5.74) is 5.39. The fourth-order valence-corrected chi connectivity index (χ4v) is 4.95. The third kappa shape index (κ3) is 3.58. The molecule has 1 unspecified atom stereocenters. The summed E-state index contributed by atoms with van der Waals surface area (Å²) in [4.78, 5) is 16.3. The first-order chi connectivity index (χ1) is 11.0. The highest BCUT2D eigenvalue weighted by Crippen LogP contribution is 2.26. The highest BCUT2D eigenvalue weighted by Gasteiger charge is 2.36. The predicted octanol–water partition coefficient (Wildman–Crippen LogP) is -0.273. The van der Waals surface area contributed by atoms with Crippen molar-refractivity contribution in [3.63, 3.8) is 0 Å². The Morgan fingerprint density at radius 1 is 1.38 bits per heavy atom. The van der Waals surface area contributed by atoms with E-state index >= 15 is 0 Å². The van der Waals surface area contributed by atoms with Gasteiger partial charge in [-0.2, -0.15) is 4.31 Å². The zero-order valence-corrected chi connectivity index (χ0v) is 15.1. The van der Waals surface area contributed by atoms with E-state index in [1.54, 1.807) is 4.57 Å². The van der Waals surface area contributed by atoms with Gasteiger partial charge in [0.2, 0.25) is 5.91 Å². The molecule has 1 saturated heterocycles. The molecule has 0 saturated carbocycles. The van der Waals surface area contributed by atoms with E-state index < -0.39 is 10.0 Å². The molecule has 1 atom stereocenters. The molecule has 8 nitrogen and oxygen atoms in total. The van der Waals surface area contributed by atoms with Gasteiger partial charge < -0.3 is 15.6 Å². The van der Waals surface area contributed by atoms with Gasteiger partial charge >= 0.3 is 0 Å². The number of carbonyl (C=O) groups is 1. The Morgan fingerprint density at radius 2 is 2.17 bits per heavy atom. The van der Waals surface area contributed by atoms with Crippen LogP contribution in [-0.4, -0.2) is 54.4 Å². The van der Waals surface area contributed by atoms with Crippen molar-refractivity contribution < 1.29 is 13.2 Å². The lowest BCUT2D eigenvalue weighted by Crippen LogP contribution is -2.46. The third-order valence-electron chi connectivity index (χ3n) is 4.49. The molecule has 136 valence electrons. The highest BCUT2D eigenvalue weighted by molar-refractivity contribution is 7.89. The van der Waals surface area contributed by atoms with E-state index in [1.807, 2.05) is 0 Å². The van der Waals surface area contributed by atoms with Gasteiger partial charge in [-0.3, -0.25) is 4.79 Å². The molecule has 1 aromatic heterocycles. The third-order valence-corrected chi connectivity index (χ3v) is 6.35. The highest BCUT2D eigenvalue weighted by atomic mass is 35.5. The number of aromatic nitrogens is 2. The first kappa shape index (κ1) is 19.2. The molecular formula is C14H24ClN5O3S. The number of carbonyl (C=O) groups excluding carboxylic acids is 1. The quantitative estimate of drug-likeness (QED) is 0.733. The smallest absolute Gasteiger partial charge is 0.260 e. The summed E-state index contributed by atoms with van der Waals surface area (Å²) in [6.45, 7) is 2.15. The molecule has 0 bridgehead atoms. The van der Waals surface area contributed by atoms with E-state index in [0.717, 1.165) is 18.7 Å². The number of hydrogen-bond donors (Lipinski definition) is 2. The fraction of sp³-hybridized carbons (Fsp3) is 0.714. The average molecular weight is 378 g/mol. The van der Waals surface area contributed by atoms with Gasteiger partial charge in [-0.25, -0.2) is 13.4 Å². The topological polar surface area (TPSA) is 110 Å². The van der Waals surface area contributed by atoms with Gasteiger partial charge in [0.25, 0.3) is 10.0 Å². The number of fused-ring (bicyclic) bond motifs is 1. The molecule has 2 aliphatic rings. The Kier molecular flexibility index (Phi) is 6.24. The maximum Gasteiger partial charge on any atom is 0.260 e. The molecule has 0 aliphatic carbocycles. The Bertz CT molecular complexity index is 691. The monoisotopic (exact) mass is 377 g/mol. The van der Waals surface area contributed by atoms with Gasteiger partial charge in [0.1, 0.15) is 5.82 Å². The van der Waals surface area contributed by atoms with E-state index in [4.69, 9.17) is 5.73 Å². The zero-order chi connectivity index (χ0) is 16.4. The summed E-state index contributed by atoms with van der Waals surface area (Å²) in [6.07, 6.45) is 4.57. The van der Waals surface area contributed by atoms with Gasteiger partial charge in [0, 0.05) is 39.1 Å². The fourth-order valence-electron chi connectivity index (χ4n) is 3.28. The van der Waals surface area contributed by atoms with Crippen LogP contribution in [0.1, 0.15) is 25.1 Å². The lowest BCUT2D eigenvalue weighted by molar-refractivity contribution is -0.126. The van der Waals surface area contributed by atoms with Gasteiger partial charge in [-0.05, 0) is 19.3 Å². The number of piperidine rings is 1. The van der Waals surface area contributed by atoms with Crippen molar-refractivity contribution in [2.45, 2.75) is 37.3 Å². The number of nitrogens with two attached hydrogens (primary N) is 1. The summed E-state index contributed by atoms with van der Waals surface area (Å²) < 4.78 is 29.0. The van der Waals surface area contributed by atoms with E-state index in [9.17, 15) is 13.2 Å². The largest absolute Gasteiger partial charge is 0.355 e. The number of halogens is 1. The van der Waals surface area contributed by atoms with E-state index in [1.165, 1.54) is 10.5 Å². The number of amides is 1. The van der Waals surface area contributed by atoms with Crippen molar-refractivity contribution in [3.8, 4) is 0 Å². The number of nitrogens with zero attached hydrogens (tertiary/aromatic N) is 3. The van der Waals surface area contributed by atoms with Gasteiger partial charge in [0.05, 0.1) is 12.1 Å². The predicted molar refractivity (Wildman–Crippen MR) is 91.3 cm³/mol. The van der Waals surface area contributed by atoms with Gasteiger partial charge in [0.15, 0.2) is 5.03 Å². The Labute approximate surface area is 148 Å². The molecule has 0 aromatic carbocycles. The molecule has 1 aromatic rings. The second kappa shape index (κ2) is 7.81. The van der Waals surface area contributed by atoms with Crippen LogP contribution >= 0.6 is 12.4 Å². The molecule has 2 aliphatic heterocycles. The molecule has 1 amide bonds. The van der Waals surface area contributed by atoms with Crippen LogP contribution in [0.4, 0.5) is 0 Å². The number of hydrogen-bond acceptors (Lipinski definition) is 5. The SMILES string of the molecule is Cl.NCCNC(=O)C1CCCN(S(=O)(=O)c2cnc3n2CCC3)C1. The van der Waals surface area contributed by atoms with Crippen molar-refractivity contribution in [1.29, 1.82) is 0 Å². The van der Waals surface area contributed by atoms with Crippen LogP contribution in [0, 0.1) is 5.92 Å². The summed E-state index contributed by atoms with van der Waals surface area (Å²) in [5, 5.41) is 3.00. The second-order valence-corrected chi connectivity index (χ2v) is 7.93. The number of imidazole rings is 1. The average Bonchev–Trinajstić information content (AvgIpc) is 3.15. The molecule has 3 rings (SSSR count). The first-order valence-corrected chi connectivity index (χ1v) is 9.50. The van der Waals surface area contributed by atoms with Crippen LogP contribution < -0.4 is 11.1 Å². The van der Waals surface area contributed by atoms with Crippen molar-refractivity contribution in [2.75, 3.05) is 26.2 Å². The van der Waals surface area contributed by atoms with E-state index in [-0.39, 0.29) is 35.8 Å². The van der Waals surface area contributed by atoms with E-state index in [2.05, 4.69) is 10.3 Å². The first-order valence-electron chi connectivity index (χ1n) is 8.06. The Morgan fingerprint density at radius 3 is 2.92 bits per heavy atom. The molecule has 3 heterocycles. The maximum atomic E-state index is 12.9. The number of sulfonamides is 1. The van der Waals surface area contributed by atoms with Crippen molar-refractivity contribution in [1.82, 2.24) is 19.2 Å². The van der Waals surface area contributed by atoms with E-state index in [0.29, 0.717) is 39.0 Å². The number of aryl methyl sites for hydroxylation is 1. The molecule has 24 heavy (non-hydrogen) atoms. The van der Waals surface area contributed by atoms with Crippen LogP contribution in [-0.2, 0) is 27.8 Å². The van der Waals surface area contributed by atoms with Crippen molar-refractivity contribution in [3.05, 3.63) is 12.0 Å². The minimum absolute atomic E-state index is 0. The summed E-state index contributed by atoms with van der Waals surface area (Å²) >= 11 is 0. The van der Waals surface area contributed by atoms with Crippen LogP contribution in [0.25, 0.3) is 0 Å². The summed E-state index contributed by atoms with van der Waals surface area (Å²) in [5.74, 6) is 0.401. The van der Waals surface area contributed by atoms with Gasteiger partial charge in [-0.1, -0.05) is 0 Å². The van der Waals surface area contributed by atoms with Crippen LogP contribution in [0.5, 0.6) is 0 Å². The lowest BCUT2D eigenvalue weighted by Gasteiger charge is -2.31. The minimum Gasteiger partial charge on any atom is -0.355 e. The molecular weight excluding hydrogens is 354 g/mol. The van der Waals surface area contributed by atoms with Crippen LogP contribution in [0.3, 0.4) is 0 Å². The molecule has 0 radical (unpaired) electrons. The van der Waals surface area contributed by atoms with Crippen LogP contribution in [0.2, 0.25) is 0 Å². The number of nitrogens with one attached hydrogen (secondary N) is 1. The minimum atomic E-state index is -3.60. The van der Waals surface area contributed by atoms with Crippen LogP contribution in [0.15, 0.2) is 11.2 Å². The van der Waals surface area contributed by atoms with Crippen molar-refractivity contribution in [2.24, 2.45) is 11.7 Å². The maximum absolute atomic E-state index is 12.9. The van der Waals surface area contributed by atoms with Gasteiger partial charge in [-0.15, -0.1) is 12.4 Å². The standard InChI is InChI=1S/C14H23N5O3S.ClH/c15-5-6-16-14(20)11-3-1-7-18(10-11)23(21,22)13-9-17-12-4-2-8-19(12)13;/h9,11H,1-8,10,15H2,(H,16,20);1H. The molecule has 3 N–H and O–H groups in total. The Hall–Kier alpha value is -1.16. The Balaban J connectivity index is 0.00000208. The van der Waals surface area contributed by atoms with Crippen molar-refractivity contribution >= 4 is 28.3 Å². The second-order valence-electron chi connectivity index (χ2n) is 6.05. The molecule has 0 spiro atoms. The zero-order valence-electron chi connectivity index (χ0n) is 13.5. The molecule has 1 fully saturated rings. The number of rotatable bonds is 5. The lowest BCUT2D eigenvalue weighted by atomic mass is 9.99. The summed E-state index contributed by atoms with van der Waals surface area (Å²) in [7, 11) is -3.60. The molecule has 10 heteroatoms. The normalized spacial score (nSPS) is 21.1.